The van der Waals surface area contributed by atoms with Gasteiger partial charge in [-0.1, -0.05) is 48.5 Å². The number of nitrogens with zero attached hydrogens (tertiary/aromatic N) is 1. The fourth-order valence-corrected chi connectivity index (χ4v) is 2.87. The number of carbonyl (C=O) groups is 1. The zero-order valence-electron chi connectivity index (χ0n) is 11.3. The minimum Gasteiger partial charge on any atom is -0.368 e. The van der Waals surface area contributed by atoms with Gasteiger partial charge in [0.15, 0.2) is 0 Å². The van der Waals surface area contributed by atoms with Gasteiger partial charge in [-0.25, -0.2) is 0 Å². The third kappa shape index (κ3) is 2.39. The quantitative estimate of drug-likeness (QED) is 0.921. The molecule has 0 spiro atoms. The number of amides is 1. The van der Waals surface area contributed by atoms with Gasteiger partial charge in [-0.3, -0.25) is 4.79 Å². The van der Waals surface area contributed by atoms with Crippen molar-refractivity contribution in [1.82, 2.24) is 0 Å². The van der Waals surface area contributed by atoms with Gasteiger partial charge < -0.3 is 10.6 Å². The number of primary amides is 1. The zero-order chi connectivity index (χ0) is 13.9. The molecule has 0 aliphatic carbocycles. The second-order valence-corrected chi connectivity index (χ2v) is 5.18. The van der Waals surface area contributed by atoms with Crippen LogP contribution < -0.4 is 10.6 Å². The van der Waals surface area contributed by atoms with Gasteiger partial charge in [-0.05, 0) is 23.6 Å². The molecule has 0 radical (unpaired) electrons. The minimum absolute atomic E-state index is 0.212. The van der Waals surface area contributed by atoms with Crippen molar-refractivity contribution < 1.29 is 4.79 Å². The molecule has 0 saturated carbocycles. The first kappa shape index (κ1) is 12.7. The Hall–Kier alpha value is -2.29. The summed E-state index contributed by atoms with van der Waals surface area (Å²) in [5.41, 5.74) is 9.19. The topological polar surface area (TPSA) is 46.3 Å². The molecule has 2 N–H and O–H groups in total. The van der Waals surface area contributed by atoms with Crippen molar-refractivity contribution in [3.63, 3.8) is 0 Å². The van der Waals surface area contributed by atoms with E-state index < -0.39 is 0 Å². The Morgan fingerprint density at radius 3 is 2.55 bits per heavy atom. The summed E-state index contributed by atoms with van der Waals surface area (Å²) in [5, 5.41) is 0. The standard InChI is InChI=1S/C17H18N2O/c18-17(20)16-12-14-8-4-5-9-15(14)19(16)11-10-13-6-2-1-3-7-13/h1-9,16H,10-12H2,(H2,18,20)/t16-/m0/s1. The summed E-state index contributed by atoms with van der Waals surface area (Å²) in [7, 11) is 0. The van der Waals surface area contributed by atoms with Gasteiger partial charge in [-0.15, -0.1) is 0 Å². The van der Waals surface area contributed by atoms with Crippen molar-refractivity contribution in [2.24, 2.45) is 5.73 Å². The number of hydrogen-bond acceptors (Lipinski definition) is 2. The number of hydrogen-bond donors (Lipinski definition) is 1. The first-order chi connectivity index (χ1) is 9.75. The third-order valence-electron chi connectivity index (χ3n) is 3.90. The first-order valence-corrected chi connectivity index (χ1v) is 6.93. The van der Waals surface area contributed by atoms with Gasteiger partial charge in [0.1, 0.15) is 6.04 Å². The number of fused-ring (bicyclic) bond motifs is 1. The van der Waals surface area contributed by atoms with Crippen molar-refractivity contribution in [3.05, 3.63) is 65.7 Å². The van der Waals surface area contributed by atoms with Gasteiger partial charge in [0.05, 0.1) is 0 Å². The SMILES string of the molecule is NC(=O)[C@@H]1Cc2ccccc2N1CCc1ccccc1. The zero-order valence-corrected chi connectivity index (χ0v) is 11.3. The number of rotatable bonds is 4. The predicted octanol–water partition coefficient (Wildman–Crippen LogP) is 2.15. The number of carbonyl (C=O) groups excluding carboxylic acids is 1. The van der Waals surface area contributed by atoms with E-state index in [9.17, 15) is 4.79 Å². The molecule has 1 aliphatic heterocycles. The van der Waals surface area contributed by atoms with Crippen LogP contribution in [0.1, 0.15) is 11.1 Å². The average molecular weight is 266 g/mol. The fraction of sp³-hybridized carbons (Fsp3) is 0.235. The molecule has 0 bridgehead atoms. The highest BCUT2D eigenvalue weighted by Crippen LogP contribution is 2.31. The Balaban J connectivity index is 1.80. The van der Waals surface area contributed by atoms with Crippen molar-refractivity contribution in [2.45, 2.75) is 18.9 Å². The van der Waals surface area contributed by atoms with E-state index in [1.807, 2.05) is 30.3 Å². The van der Waals surface area contributed by atoms with Crippen LogP contribution in [0.2, 0.25) is 0 Å². The second kappa shape index (κ2) is 5.37. The molecule has 3 nitrogen and oxygen atoms in total. The molecular weight excluding hydrogens is 248 g/mol. The monoisotopic (exact) mass is 266 g/mol. The smallest absolute Gasteiger partial charge is 0.240 e. The van der Waals surface area contributed by atoms with Gasteiger partial charge in [0.25, 0.3) is 0 Å². The van der Waals surface area contributed by atoms with E-state index in [-0.39, 0.29) is 11.9 Å². The maximum atomic E-state index is 11.7. The number of para-hydroxylation sites is 1. The lowest BCUT2D eigenvalue weighted by Crippen LogP contribution is -2.43. The normalized spacial score (nSPS) is 17.0. The van der Waals surface area contributed by atoms with Crippen LogP contribution >= 0.6 is 0 Å². The van der Waals surface area contributed by atoms with E-state index in [0.29, 0.717) is 0 Å². The fourth-order valence-electron chi connectivity index (χ4n) is 2.87. The summed E-state index contributed by atoms with van der Waals surface area (Å²) in [6, 6.07) is 18.3. The molecule has 2 aromatic carbocycles. The van der Waals surface area contributed by atoms with Crippen molar-refractivity contribution in [1.29, 1.82) is 0 Å². The van der Waals surface area contributed by atoms with Crippen LogP contribution in [-0.4, -0.2) is 18.5 Å². The summed E-state index contributed by atoms with van der Waals surface area (Å²) in [4.78, 5) is 13.8. The maximum absolute atomic E-state index is 11.7. The average Bonchev–Trinajstić information content (AvgIpc) is 2.85. The Bertz CT molecular complexity index is 609. The largest absolute Gasteiger partial charge is 0.368 e. The van der Waals surface area contributed by atoms with Crippen molar-refractivity contribution in [2.75, 3.05) is 11.4 Å². The Kier molecular flexibility index (Phi) is 3.42. The lowest BCUT2D eigenvalue weighted by atomic mass is 10.1. The van der Waals surface area contributed by atoms with E-state index in [1.165, 1.54) is 11.1 Å². The highest BCUT2D eigenvalue weighted by Gasteiger charge is 2.32. The van der Waals surface area contributed by atoms with Crippen LogP contribution in [0.3, 0.4) is 0 Å². The van der Waals surface area contributed by atoms with Gasteiger partial charge in [0.2, 0.25) is 5.91 Å². The second-order valence-electron chi connectivity index (χ2n) is 5.18. The maximum Gasteiger partial charge on any atom is 0.240 e. The van der Waals surface area contributed by atoms with E-state index in [4.69, 9.17) is 5.73 Å². The van der Waals surface area contributed by atoms with Crippen LogP contribution in [0.4, 0.5) is 5.69 Å². The molecule has 1 heterocycles. The van der Waals surface area contributed by atoms with Crippen LogP contribution in [0.25, 0.3) is 0 Å². The summed E-state index contributed by atoms with van der Waals surface area (Å²) >= 11 is 0. The van der Waals surface area contributed by atoms with E-state index in [0.717, 1.165) is 25.1 Å². The highest BCUT2D eigenvalue weighted by molar-refractivity contribution is 5.86. The highest BCUT2D eigenvalue weighted by atomic mass is 16.1. The Morgan fingerprint density at radius 2 is 1.80 bits per heavy atom. The summed E-state index contributed by atoms with van der Waals surface area (Å²) in [6.07, 6.45) is 1.64. The van der Waals surface area contributed by atoms with Crippen LogP contribution in [0.15, 0.2) is 54.6 Å². The molecule has 102 valence electrons. The molecule has 20 heavy (non-hydrogen) atoms. The van der Waals surface area contributed by atoms with E-state index in [2.05, 4.69) is 29.2 Å². The molecule has 0 aromatic heterocycles. The van der Waals surface area contributed by atoms with E-state index in [1.54, 1.807) is 0 Å². The first-order valence-electron chi connectivity index (χ1n) is 6.93. The molecule has 0 fully saturated rings. The third-order valence-corrected chi connectivity index (χ3v) is 3.90. The van der Waals surface area contributed by atoms with Gasteiger partial charge in [-0.2, -0.15) is 0 Å². The lowest BCUT2D eigenvalue weighted by Gasteiger charge is -2.25. The molecule has 1 amide bonds. The van der Waals surface area contributed by atoms with Gasteiger partial charge in [0, 0.05) is 18.7 Å². The molecule has 3 heteroatoms. The molecule has 0 unspecified atom stereocenters. The summed E-state index contributed by atoms with van der Waals surface area (Å²) in [6.45, 7) is 0.814. The minimum atomic E-state index is -0.241. The Labute approximate surface area is 119 Å². The van der Waals surface area contributed by atoms with Gasteiger partial charge >= 0.3 is 0 Å². The molecule has 1 atom stereocenters. The van der Waals surface area contributed by atoms with Crippen LogP contribution in [-0.2, 0) is 17.6 Å². The molecule has 2 aromatic rings. The van der Waals surface area contributed by atoms with Crippen LogP contribution in [0, 0.1) is 0 Å². The number of anilines is 1. The van der Waals surface area contributed by atoms with Crippen molar-refractivity contribution >= 4 is 11.6 Å². The number of nitrogens with two attached hydrogens (primary N) is 1. The molecule has 0 saturated heterocycles. The molecule has 1 aliphatic rings. The number of benzene rings is 2. The Morgan fingerprint density at radius 1 is 1.10 bits per heavy atom. The van der Waals surface area contributed by atoms with Crippen LogP contribution in [0.5, 0.6) is 0 Å². The summed E-state index contributed by atoms with van der Waals surface area (Å²) < 4.78 is 0. The lowest BCUT2D eigenvalue weighted by molar-refractivity contribution is -0.119. The van der Waals surface area contributed by atoms with Crippen molar-refractivity contribution in [3.8, 4) is 0 Å². The molecule has 3 rings (SSSR count). The summed E-state index contributed by atoms with van der Waals surface area (Å²) in [5.74, 6) is -0.241. The molecular formula is C17H18N2O. The predicted molar refractivity (Wildman–Crippen MR) is 80.6 cm³/mol. The van der Waals surface area contributed by atoms with E-state index >= 15 is 0 Å².